The lowest BCUT2D eigenvalue weighted by atomic mass is 9.81. The first-order valence-electron chi connectivity index (χ1n) is 8.48. The predicted octanol–water partition coefficient (Wildman–Crippen LogP) is 6.75. The predicted molar refractivity (Wildman–Crippen MR) is 105 cm³/mol. The van der Waals surface area contributed by atoms with Crippen LogP contribution in [0.3, 0.4) is 0 Å². The van der Waals surface area contributed by atoms with Crippen molar-refractivity contribution in [3.05, 3.63) is 58.1 Å². The van der Waals surface area contributed by atoms with Crippen LogP contribution >= 0.6 is 15.9 Å². The lowest BCUT2D eigenvalue weighted by Gasteiger charge is -2.24. The van der Waals surface area contributed by atoms with Gasteiger partial charge in [-0.25, -0.2) is 0 Å². The van der Waals surface area contributed by atoms with Gasteiger partial charge in [-0.1, -0.05) is 87.8 Å². The van der Waals surface area contributed by atoms with Crippen LogP contribution in [-0.2, 0) is 22.6 Å². The van der Waals surface area contributed by atoms with Crippen molar-refractivity contribution in [2.24, 2.45) is 0 Å². The molecule has 2 aromatic carbocycles. The second-order valence-corrected chi connectivity index (χ2v) is 9.36. The van der Waals surface area contributed by atoms with Gasteiger partial charge in [0.25, 0.3) is 0 Å². The van der Waals surface area contributed by atoms with Gasteiger partial charge in [0.15, 0.2) is 0 Å². The van der Waals surface area contributed by atoms with Crippen molar-refractivity contribution in [2.45, 2.75) is 64.1 Å². The van der Waals surface area contributed by atoms with Crippen LogP contribution in [-0.4, -0.2) is 0 Å². The second kappa shape index (κ2) is 5.48. The van der Waals surface area contributed by atoms with Crippen molar-refractivity contribution >= 4 is 15.9 Å². The van der Waals surface area contributed by atoms with E-state index in [9.17, 15) is 0 Å². The Bertz CT molecular complexity index is 755. The molecule has 0 spiro atoms. The highest BCUT2D eigenvalue weighted by molar-refractivity contribution is 9.08. The molecule has 0 aromatic heterocycles. The van der Waals surface area contributed by atoms with Gasteiger partial charge in [-0.3, -0.25) is 0 Å². The van der Waals surface area contributed by atoms with Gasteiger partial charge >= 0.3 is 0 Å². The van der Waals surface area contributed by atoms with E-state index in [1.807, 2.05) is 0 Å². The zero-order valence-corrected chi connectivity index (χ0v) is 16.8. The Morgan fingerprint density at radius 2 is 1.52 bits per heavy atom. The molecule has 0 saturated carbocycles. The molecule has 0 radical (unpaired) electrons. The number of rotatable bonds is 1. The Balaban J connectivity index is 2.15. The van der Waals surface area contributed by atoms with Crippen LogP contribution in [0.5, 0.6) is 0 Å². The maximum absolute atomic E-state index is 3.75. The van der Waals surface area contributed by atoms with Crippen molar-refractivity contribution < 1.29 is 0 Å². The number of halogens is 1. The fourth-order valence-corrected chi connectivity index (χ4v) is 4.30. The van der Waals surface area contributed by atoms with Crippen LogP contribution in [0.2, 0.25) is 0 Å². The summed E-state index contributed by atoms with van der Waals surface area (Å²) in [5, 5.41) is 0.933. The van der Waals surface area contributed by atoms with E-state index in [4.69, 9.17) is 0 Å². The van der Waals surface area contributed by atoms with E-state index in [0.29, 0.717) is 0 Å². The fourth-order valence-electron chi connectivity index (χ4n) is 3.66. The largest absolute Gasteiger partial charge is 0.0876 e. The molecule has 2 aromatic rings. The van der Waals surface area contributed by atoms with Crippen LogP contribution < -0.4 is 0 Å². The van der Waals surface area contributed by atoms with E-state index in [2.05, 4.69) is 87.8 Å². The van der Waals surface area contributed by atoms with Crippen molar-refractivity contribution in [3.63, 3.8) is 0 Å². The van der Waals surface area contributed by atoms with E-state index in [1.54, 1.807) is 0 Å². The molecule has 0 aliphatic heterocycles. The quantitative estimate of drug-likeness (QED) is 0.415. The molecule has 0 unspecified atom stereocenters. The average Bonchev–Trinajstić information content (AvgIpc) is 2.81. The Labute approximate surface area is 149 Å². The van der Waals surface area contributed by atoms with Crippen molar-refractivity contribution in [2.75, 3.05) is 0 Å². The van der Waals surface area contributed by atoms with E-state index in [-0.39, 0.29) is 10.8 Å². The van der Waals surface area contributed by atoms with Crippen molar-refractivity contribution in [1.82, 2.24) is 0 Å². The fraction of sp³-hybridized carbons (Fsp3) is 0.455. The first-order chi connectivity index (χ1) is 10.6. The van der Waals surface area contributed by atoms with Gasteiger partial charge in [0, 0.05) is 5.33 Å². The minimum absolute atomic E-state index is 0.184. The van der Waals surface area contributed by atoms with Crippen LogP contribution in [0.25, 0.3) is 11.1 Å². The summed E-state index contributed by atoms with van der Waals surface area (Å²) in [5.74, 6) is 0. The SMILES string of the molecule is CC(C)(C)c1ccc2c(c1)Cc1c-2ccc(C(C)(C)C)c1CBr. The average molecular weight is 371 g/mol. The molecule has 0 fully saturated rings. The van der Waals surface area contributed by atoms with Crippen LogP contribution in [0.15, 0.2) is 30.3 Å². The highest BCUT2D eigenvalue weighted by atomic mass is 79.9. The molecular formula is C22H27Br. The summed E-state index contributed by atoms with van der Waals surface area (Å²) in [6, 6.07) is 11.7. The minimum atomic E-state index is 0.184. The number of hydrogen-bond acceptors (Lipinski definition) is 0. The van der Waals surface area contributed by atoms with Gasteiger partial charge in [0.1, 0.15) is 0 Å². The Kier molecular flexibility index (Phi) is 3.99. The molecule has 0 N–H and O–H groups in total. The molecule has 0 amide bonds. The maximum atomic E-state index is 3.75. The Morgan fingerprint density at radius 3 is 2.09 bits per heavy atom. The highest BCUT2D eigenvalue weighted by Gasteiger charge is 2.27. The van der Waals surface area contributed by atoms with E-state index in [1.165, 1.54) is 38.9 Å². The third-order valence-corrected chi connectivity index (χ3v) is 5.56. The smallest absolute Gasteiger partial charge is 0.0289 e. The summed E-state index contributed by atoms with van der Waals surface area (Å²) >= 11 is 3.75. The zero-order valence-electron chi connectivity index (χ0n) is 15.2. The first-order valence-corrected chi connectivity index (χ1v) is 9.60. The minimum Gasteiger partial charge on any atom is -0.0876 e. The number of fused-ring (bicyclic) bond motifs is 3. The topological polar surface area (TPSA) is 0 Å². The van der Waals surface area contributed by atoms with Gasteiger partial charge in [-0.15, -0.1) is 0 Å². The van der Waals surface area contributed by atoms with Gasteiger partial charge in [-0.05, 0) is 56.2 Å². The summed E-state index contributed by atoms with van der Waals surface area (Å²) in [5.41, 5.74) is 10.7. The number of benzene rings is 2. The monoisotopic (exact) mass is 370 g/mol. The molecule has 0 saturated heterocycles. The Hall–Kier alpha value is -1.08. The summed E-state index contributed by atoms with van der Waals surface area (Å²) in [6.07, 6.45) is 1.07. The molecule has 122 valence electrons. The standard InChI is InChI=1S/C22H27Br/c1-21(2,3)15-7-8-16-14(11-15)12-18-17(16)9-10-20(19(18)13-23)22(4,5)6/h7-11H,12-13H2,1-6H3. The summed E-state index contributed by atoms with van der Waals surface area (Å²) in [7, 11) is 0. The molecular weight excluding hydrogens is 344 g/mol. The molecule has 0 atom stereocenters. The van der Waals surface area contributed by atoms with Crippen LogP contribution in [0.4, 0.5) is 0 Å². The van der Waals surface area contributed by atoms with Crippen molar-refractivity contribution in [3.8, 4) is 11.1 Å². The zero-order chi connectivity index (χ0) is 17.0. The van der Waals surface area contributed by atoms with Crippen molar-refractivity contribution in [1.29, 1.82) is 0 Å². The van der Waals surface area contributed by atoms with E-state index in [0.717, 1.165) is 11.8 Å². The van der Waals surface area contributed by atoms with Gasteiger partial charge < -0.3 is 0 Å². The third kappa shape index (κ3) is 2.89. The van der Waals surface area contributed by atoms with Gasteiger partial charge in [0.2, 0.25) is 0 Å². The summed E-state index contributed by atoms with van der Waals surface area (Å²) in [6.45, 7) is 13.8. The molecule has 1 aliphatic carbocycles. The van der Waals surface area contributed by atoms with Crippen LogP contribution in [0.1, 0.15) is 69.4 Å². The molecule has 0 bridgehead atoms. The lowest BCUT2D eigenvalue weighted by Crippen LogP contribution is -2.15. The third-order valence-electron chi connectivity index (χ3n) is 5.00. The van der Waals surface area contributed by atoms with Gasteiger partial charge in [-0.2, -0.15) is 0 Å². The van der Waals surface area contributed by atoms with E-state index < -0.39 is 0 Å². The van der Waals surface area contributed by atoms with Gasteiger partial charge in [0.05, 0.1) is 0 Å². The molecule has 1 aliphatic rings. The molecule has 3 rings (SSSR count). The lowest BCUT2D eigenvalue weighted by molar-refractivity contribution is 0.585. The summed E-state index contributed by atoms with van der Waals surface area (Å²) in [4.78, 5) is 0. The summed E-state index contributed by atoms with van der Waals surface area (Å²) < 4.78 is 0. The van der Waals surface area contributed by atoms with Crippen LogP contribution in [0, 0.1) is 0 Å². The molecule has 1 heteroatoms. The Morgan fingerprint density at radius 1 is 0.870 bits per heavy atom. The highest BCUT2D eigenvalue weighted by Crippen LogP contribution is 2.43. The maximum Gasteiger partial charge on any atom is 0.0289 e. The van der Waals surface area contributed by atoms with E-state index >= 15 is 0 Å². The molecule has 0 heterocycles. The number of alkyl halides is 1. The first kappa shape index (κ1) is 16.8. The molecule has 23 heavy (non-hydrogen) atoms. The molecule has 0 nitrogen and oxygen atoms in total. The number of hydrogen-bond donors (Lipinski definition) is 0. The normalized spacial score (nSPS) is 13.9. The second-order valence-electron chi connectivity index (χ2n) is 8.80.